The number of amides is 1. The summed E-state index contributed by atoms with van der Waals surface area (Å²) in [6.07, 6.45) is 2.44. The Morgan fingerprint density at radius 2 is 1.68 bits per heavy atom. The van der Waals surface area contributed by atoms with E-state index >= 15 is 0 Å². The zero-order valence-corrected chi connectivity index (χ0v) is 25.7. The number of carbonyl (C=O) groups is 2. The van der Waals surface area contributed by atoms with E-state index in [-0.39, 0.29) is 12.5 Å². The van der Waals surface area contributed by atoms with Crippen LogP contribution in [0.5, 0.6) is 11.5 Å². The number of rotatable bonds is 11. The number of hydrogen-bond acceptors (Lipinski definition) is 7. The third kappa shape index (κ3) is 7.18. The molecule has 0 N–H and O–H groups in total. The van der Waals surface area contributed by atoms with Crippen LogP contribution in [0.25, 0.3) is 6.08 Å². The first-order valence-corrected chi connectivity index (χ1v) is 14.9. The summed E-state index contributed by atoms with van der Waals surface area (Å²) < 4.78 is 17.8. The molecule has 1 amide bonds. The number of carbonyl (C=O) groups excluding carboxylic acids is 2. The lowest BCUT2D eigenvalue weighted by Crippen LogP contribution is -2.38. The molecule has 0 spiro atoms. The summed E-state index contributed by atoms with van der Waals surface area (Å²) >= 11 is 6.76. The lowest BCUT2D eigenvalue weighted by Gasteiger charge is -2.25. The van der Waals surface area contributed by atoms with E-state index in [1.807, 2.05) is 50.2 Å². The Balaban J connectivity index is 1.58. The third-order valence-corrected chi connectivity index (χ3v) is 8.10. The van der Waals surface area contributed by atoms with Gasteiger partial charge in [-0.25, -0.2) is 4.79 Å². The quantitative estimate of drug-likeness (QED) is 0.130. The number of thioether (sulfide) groups is 1. The Morgan fingerprint density at radius 3 is 2.39 bits per heavy atom. The molecule has 1 aliphatic heterocycles. The molecule has 1 saturated heterocycles. The van der Waals surface area contributed by atoms with Gasteiger partial charge in [-0.15, -0.1) is 0 Å². The van der Waals surface area contributed by atoms with Gasteiger partial charge in [0.15, 0.2) is 17.5 Å². The predicted octanol–water partition coefficient (Wildman–Crippen LogP) is 7.49. The minimum absolute atomic E-state index is 0.268. The van der Waals surface area contributed by atoms with Crippen LogP contribution >= 0.6 is 24.0 Å². The summed E-state index contributed by atoms with van der Waals surface area (Å²) in [6, 6.07) is 18.0. The molecule has 0 aromatic heterocycles. The minimum atomic E-state index is -0.954. The molecule has 0 bridgehead atoms. The van der Waals surface area contributed by atoms with Crippen LogP contribution in [0.1, 0.15) is 59.7 Å². The molecule has 6 nitrogen and oxygen atoms in total. The van der Waals surface area contributed by atoms with Gasteiger partial charge in [-0.2, -0.15) is 0 Å². The van der Waals surface area contributed by atoms with Crippen molar-refractivity contribution in [1.29, 1.82) is 0 Å². The highest BCUT2D eigenvalue weighted by atomic mass is 32.2. The Bertz CT molecular complexity index is 1470. The van der Waals surface area contributed by atoms with Gasteiger partial charge < -0.3 is 14.2 Å². The van der Waals surface area contributed by atoms with Gasteiger partial charge in [-0.1, -0.05) is 79.4 Å². The lowest BCUT2D eigenvalue weighted by molar-refractivity contribution is -0.151. The van der Waals surface area contributed by atoms with Crippen molar-refractivity contribution in [1.82, 2.24) is 4.90 Å². The molecule has 41 heavy (non-hydrogen) atoms. The first kappa shape index (κ1) is 30.3. The Kier molecular flexibility index (Phi) is 10.2. The molecule has 3 aromatic rings. The van der Waals surface area contributed by atoms with E-state index in [9.17, 15) is 9.59 Å². The molecule has 3 aromatic carbocycles. The van der Waals surface area contributed by atoms with Gasteiger partial charge in [0.05, 0.1) is 18.1 Å². The summed E-state index contributed by atoms with van der Waals surface area (Å²) in [5.74, 6) is 0.362. The maximum Gasteiger partial charge on any atom is 0.333 e. The molecule has 8 heteroatoms. The first-order chi connectivity index (χ1) is 19.7. The van der Waals surface area contributed by atoms with Crippen molar-refractivity contribution in [2.75, 3.05) is 13.2 Å². The summed E-state index contributed by atoms with van der Waals surface area (Å²) in [5.41, 5.74) is 6.17. The molecule has 1 aliphatic rings. The monoisotopic (exact) mass is 589 g/mol. The van der Waals surface area contributed by atoms with Gasteiger partial charge in [-0.05, 0) is 85.7 Å². The average molecular weight is 590 g/mol. The van der Waals surface area contributed by atoms with Crippen LogP contribution in [0.3, 0.4) is 0 Å². The van der Waals surface area contributed by atoms with E-state index in [1.165, 1.54) is 21.6 Å². The van der Waals surface area contributed by atoms with Gasteiger partial charge in [0.1, 0.15) is 10.9 Å². The topological polar surface area (TPSA) is 65.1 Å². The molecular weight excluding hydrogens is 554 g/mol. The summed E-state index contributed by atoms with van der Waals surface area (Å²) in [7, 11) is 0. The van der Waals surface area contributed by atoms with E-state index in [0.717, 1.165) is 22.9 Å². The predicted molar refractivity (Wildman–Crippen MR) is 168 cm³/mol. The zero-order valence-electron chi connectivity index (χ0n) is 24.1. The summed E-state index contributed by atoms with van der Waals surface area (Å²) in [6.45, 7) is 11.3. The Morgan fingerprint density at radius 1 is 0.951 bits per heavy atom. The van der Waals surface area contributed by atoms with E-state index in [1.54, 1.807) is 18.2 Å². The van der Waals surface area contributed by atoms with Crippen molar-refractivity contribution in [3.05, 3.63) is 98.9 Å². The lowest BCUT2D eigenvalue weighted by atomic mass is 10.0. The van der Waals surface area contributed by atoms with E-state index in [2.05, 4.69) is 32.9 Å². The molecule has 4 rings (SSSR count). The molecule has 214 valence electrons. The molecule has 0 radical (unpaired) electrons. The van der Waals surface area contributed by atoms with Crippen LogP contribution in [0.4, 0.5) is 0 Å². The largest absolute Gasteiger partial charge is 0.490 e. The number of aryl methyl sites for hydroxylation is 3. The summed E-state index contributed by atoms with van der Waals surface area (Å²) in [5, 5.41) is 0. The van der Waals surface area contributed by atoms with Gasteiger partial charge in [0, 0.05) is 0 Å². The van der Waals surface area contributed by atoms with Crippen molar-refractivity contribution >= 4 is 46.3 Å². The van der Waals surface area contributed by atoms with E-state index < -0.39 is 12.0 Å². The van der Waals surface area contributed by atoms with Gasteiger partial charge in [-0.3, -0.25) is 9.69 Å². The second-order valence-corrected chi connectivity index (χ2v) is 11.5. The maximum atomic E-state index is 13.6. The molecule has 0 saturated carbocycles. The Labute approximate surface area is 251 Å². The number of hydrogen-bond donors (Lipinski definition) is 0. The van der Waals surface area contributed by atoms with Crippen molar-refractivity contribution in [3.63, 3.8) is 0 Å². The van der Waals surface area contributed by atoms with Gasteiger partial charge in [0.2, 0.25) is 0 Å². The highest BCUT2D eigenvalue weighted by Gasteiger charge is 2.42. The van der Waals surface area contributed by atoms with Crippen LogP contribution < -0.4 is 9.47 Å². The highest BCUT2D eigenvalue weighted by molar-refractivity contribution is 8.26. The SMILES string of the molecule is CCCOC(=O)C(c1ccccc1)N1C(=O)/C(=C\c2ccc(OCc3cc(C)c(C)cc3C)c(OCC)c2)SC1=S. The molecule has 1 fully saturated rings. The fourth-order valence-corrected chi connectivity index (χ4v) is 5.81. The fraction of sp³-hybridized carbons (Fsp3) is 0.303. The number of thiocarbonyl (C=S) groups is 1. The molecule has 0 aliphatic carbocycles. The fourth-order valence-electron chi connectivity index (χ4n) is 4.49. The van der Waals surface area contributed by atoms with Crippen molar-refractivity contribution in [3.8, 4) is 11.5 Å². The van der Waals surface area contributed by atoms with Crippen molar-refractivity contribution in [2.24, 2.45) is 0 Å². The van der Waals surface area contributed by atoms with Crippen LogP contribution in [0.2, 0.25) is 0 Å². The maximum absolute atomic E-state index is 13.6. The van der Waals surface area contributed by atoms with Crippen LogP contribution in [0, 0.1) is 20.8 Å². The smallest absolute Gasteiger partial charge is 0.333 e. The average Bonchev–Trinajstić information content (AvgIpc) is 3.22. The van der Waals surface area contributed by atoms with Crippen molar-refractivity contribution in [2.45, 2.75) is 53.7 Å². The van der Waals surface area contributed by atoms with Crippen LogP contribution in [-0.2, 0) is 20.9 Å². The molecular formula is C33H35NO5S2. The van der Waals surface area contributed by atoms with Crippen molar-refractivity contribution < 1.29 is 23.8 Å². The molecule has 1 heterocycles. The minimum Gasteiger partial charge on any atom is -0.490 e. The number of benzene rings is 3. The second-order valence-electron chi connectivity index (χ2n) is 9.82. The van der Waals surface area contributed by atoms with Crippen LogP contribution in [-0.4, -0.2) is 34.3 Å². The van der Waals surface area contributed by atoms with Crippen LogP contribution in [0.15, 0.2) is 65.6 Å². The van der Waals surface area contributed by atoms with Gasteiger partial charge >= 0.3 is 5.97 Å². The van der Waals surface area contributed by atoms with E-state index in [0.29, 0.717) is 45.9 Å². The number of ether oxygens (including phenoxy) is 3. The second kappa shape index (κ2) is 13.8. The van der Waals surface area contributed by atoms with E-state index in [4.69, 9.17) is 26.4 Å². The molecule has 1 unspecified atom stereocenters. The molecule has 1 atom stereocenters. The number of nitrogens with zero attached hydrogens (tertiary/aromatic N) is 1. The highest BCUT2D eigenvalue weighted by Crippen LogP contribution is 2.40. The standard InChI is InChI=1S/C33H35NO5S2/c1-6-15-38-32(36)30(25-11-9-8-10-12-25)34-31(35)29(41-33(34)40)19-24-13-14-27(28(18-24)37-7-2)39-20-26-17-22(4)21(3)16-23(26)5/h8-14,16-19,30H,6-7,15,20H2,1-5H3/b29-19+. The Hall–Kier alpha value is -3.62. The zero-order chi connectivity index (χ0) is 29.5. The summed E-state index contributed by atoms with van der Waals surface area (Å²) in [4.78, 5) is 28.5. The first-order valence-electron chi connectivity index (χ1n) is 13.7. The normalized spacial score (nSPS) is 14.9. The van der Waals surface area contributed by atoms with Gasteiger partial charge in [0.25, 0.3) is 5.91 Å². The number of esters is 1. The third-order valence-electron chi connectivity index (χ3n) is 6.77.